The van der Waals surface area contributed by atoms with Crippen molar-refractivity contribution in [3.8, 4) is 0 Å². The molecule has 0 aromatic heterocycles. The Labute approximate surface area is 116 Å². The van der Waals surface area contributed by atoms with Crippen LogP contribution in [0, 0.1) is 0 Å². The van der Waals surface area contributed by atoms with Crippen molar-refractivity contribution >= 4 is 0 Å². The van der Waals surface area contributed by atoms with Gasteiger partial charge in [-0.3, -0.25) is 0 Å². The summed E-state index contributed by atoms with van der Waals surface area (Å²) < 4.78 is 16.1. The Balaban J connectivity index is 1.91. The molecule has 7 unspecified atom stereocenters. The molecule has 0 saturated carbocycles. The normalized spacial score (nSPS) is 46.4. The van der Waals surface area contributed by atoms with Crippen LogP contribution in [-0.2, 0) is 14.2 Å². The molecule has 2 rings (SSSR count). The summed E-state index contributed by atoms with van der Waals surface area (Å²) in [6, 6.07) is 0. The van der Waals surface area contributed by atoms with Crippen molar-refractivity contribution in [3.63, 3.8) is 0 Å². The van der Waals surface area contributed by atoms with Crippen molar-refractivity contribution in [2.45, 2.75) is 62.4 Å². The fourth-order valence-electron chi connectivity index (χ4n) is 2.47. The van der Waals surface area contributed by atoms with Crippen LogP contribution in [0.5, 0.6) is 0 Å². The Kier molecular flexibility index (Phi) is 5.70. The zero-order valence-electron chi connectivity index (χ0n) is 11.0. The summed E-state index contributed by atoms with van der Waals surface area (Å²) in [5.41, 5.74) is 0. The van der Waals surface area contributed by atoms with E-state index in [-0.39, 0.29) is 19.6 Å². The first kappa shape index (κ1) is 16.1. The van der Waals surface area contributed by atoms with Crippen molar-refractivity contribution in [2.24, 2.45) is 0 Å². The van der Waals surface area contributed by atoms with Crippen LogP contribution in [0.1, 0.15) is 19.3 Å². The third-order valence-electron chi connectivity index (χ3n) is 3.67. The average Bonchev–Trinajstić information content (AvgIpc) is 2.44. The van der Waals surface area contributed by atoms with Crippen LogP contribution < -0.4 is 0 Å². The topological polar surface area (TPSA) is 129 Å². The maximum absolute atomic E-state index is 9.59. The first-order valence-electron chi connectivity index (χ1n) is 6.77. The van der Waals surface area contributed by atoms with Gasteiger partial charge in [0.15, 0.2) is 12.6 Å². The van der Waals surface area contributed by atoms with Crippen LogP contribution in [0.4, 0.5) is 0 Å². The number of hydrogen-bond acceptors (Lipinski definition) is 8. The molecule has 8 nitrogen and oxygen atoms in total. The molecule has 2 fully saturated rings. The quantitative estimate of drug-likeness (QED) is 0.391. The smallest absolute Gasteiger partial charge is 0.181 e. The molecule has 0 aliphatic carbocycles. The highest BCUT2D eigenvalue weighted by Crippen LogP contribution is 2.27. The van der Waals surface area contributed by atoms with Crippen molar-refractivity contribution in [2.75, 3.05) is 13.2 Å². The van der Waals surface area contributed by atoms with Crippen LogP contribution in [0.15, 0.2) is 0 Å². The molecule has 0 bridgehead atoms. The number of aliphatic hydroxyl groups excluding tert-OH is 5. The number of rotatable bonds is 4. The van der Waals surface area contributed by atoms with E-state index in [1.54, 1.807) is 0 Å². The predicted octanol–water partition coefficient (Wildman–Crippen LogP) is -2.31. The van der Waals surface area contributed by atoms with E-state index in [4.69, 9.17) is 19.3 Å². The monoisotopic (exact) mass is 294 g/mol. The van der Waals surface area contributed by atoms with Gasteiger partial charge in [-0.15, -0.1) is 0 Å². The van der Waals surface area contributed by atoms with Crippen molar-refractivity contribution in [1.29, 1.82) is 0 Å². The van der Waals surface area contributed by atoms with E-state index >= 15 is 0 Å². The van der Waals surface area contributed by atoms with Gasteiger partial charge in [-0.2, -0.15) is 0 Å². The fourth-order valence-corrected chi connectivity index (χ4v) is 2.47. The van der Waals surface area contributed by atoms with Gasteiger partial charge >= 0.3 is 0 Å². The summed E-state index contributed by atoms with van der Waals surface area (Å²) in [7, 11) is 0. The van der Waals surface area contributed by atoms with Gasteiger partial charge in [0.05, 0.1) is 25.4 Å². The van der Waals surface area contributed by atoms with Crippen molar-refractivity contribution < 1.29 is 39.7 Å². The van der Waals surface area contributed by atoms with Crippen LogP contribution in [0.2, 0.25) is 0 Å². The zero-order valence-corrected chi connectivity index (χ0v) is 11.0. The van der Waals surface area contributed by atoms with Crippen molar-refractivity contribution in [3.05, 3.63) is 0 Å². The van der Waals surface area contributed by atoms with Crippen LogP contribution >= 0.6 is 0 Å². The predicted molar refractivity (Wildman–Crippen MR) is 64.5 cm³/mol. The maximum atomic E-state index is 9.59. The van der Waals surface area contributed by atoms with Gasteiger partial charge in [0.1, 0.15) is 18.3 Å². The molecule has 8 heteroatoms. The van der Waals surface area contributed by atoms with E-state index in [2.05, 4.69) is 0 Å². The number of ether oxygens (including phenoxy) is 3. The summed E-state index contributed by atoms with van der Waals surface area (Å²) in [6.07, 6.45) is -4.93. The first-order valence-corrected chi connectivity index (χ1v) is 6.77. The lowest BCUT2D eigenvalue weighted by Gasteiger charge is -2.40. The summed E-state index contributed by atoms with van der Waals surface area (Å²) in [5, 5.41) is 46.8. The van der Waals surface area contributed by atoms with Gasteiger partial charge in [-0.25, -0.2) is 0 Å². The minimum absolute atomic E-state index is 0.110. The highest BCUT2D eigenvalue weighted by atomic mass is 16.7. The standard InChI is InChI=1S/C12H22O8/c13-4-9-6(15)1-2-11(19-9)18-8-3-7(16)12(17)20-10(8)5-14/h6-17H,1-5H2. The SMILES string of the molecule is OCC1OC(OC2CC(O)C(O)OC2CO)CCC1O. The molecule has 5 N–H and O–H groups in total. The Morgan fingerprint density at radius 3 is 2.25 bits per heavy atom. The number of aliphatic hydroxyl groups is 5. The highest BCUT2D eigenvalue weighted by molar-refractivity contribution is 4.83. The molecule has 2 aliphatic rings. The minimum Gasteiger partial charge on any atom is -0.394 e. The largest absolute Gasteiger partial charge is 0.394 e. The molecule has 2 saturated heterocycles. The van der Waals surface area contributed by atoms with Crippen LogP contribution in [0.3, 0.4) is 0 Å². The third-order valence-corrected chi connectivity index (χ3v) is 3.67. The number of hydrogen-bond donors (Lipinski definition) is 5. The fraction of sp³-hybridized carbons (Fsp3) is 1.00. The lowest BCUT2D eigenvalue weighted by Crippen LogP contribution is -2.52. The maximum Gasteiger partial charge on any atom is 0.181 e. The minimum atomic E-state index is -1.34. The molecule has 0 spiro atoms. The molecule has 7 atom stereocenters. The Bertz CT molecular complexity index is 301. The molecule has 0 aromatic rings. The molecule has 2 aliphatic heterocycles. The molecular weight excluding hydrogens is 272 g/mol. The second-order valence-electron chi connectivity index (χ2n) is 5.16. The Morgan fingerprint density at radius 1 is 0.900 bits per heavy atom. The van der Waals surface area contributed by atoms with Gasteiger partial charge < -0.3 is 39.7 Å². The first-order chi connectivity index (χ1) is 9.55. The van der Waals surface area contributed by atoms with Gasteiger partial charge in [0.25, 0.3) is 0 Å². The summed E-state index contributed by atoms with van der Waals surface area (Å²) in [6.45, 7) is -0.666. The van der Waals surface area contributed by atoms with E-state index in [9.17, 15) is 20.4 Å². The van der Waals surface area contributed by atoms with Gasteiger partial charge in [0, 0.05) is 12.8 Å². The Morgan fingerprint density at radius 2 is 1.60 bits per heavy atom. The van der Waals surface area contributed by atoms with E-state index < -0.39 is 43.1 Å². The molecule has 20 heavy (non-hydrogen) atoms. The van der Waals surface area contributed by atoms with Crippen LogP contribution in [-0.4, -0.2) is 81.8 Å². The lowest BCUT2D eigenvalue weighted by molar-refractivity contribution is -0.303. The van der Waals surface area contributed by atoms with Gasteiger partial charge in [-0.05, 0) is 6.42 Å². The summed E-state index contributed by atoms with van der Waals surface area (Å²) >= 11 is 0. The van der Waals surface area contributed by atoms with Gasteiger partial charge in [-0.1, -0.05) is 0 Å². The average molecular weight is 294 g/mol. The van der Waals surface area contributed by atoms with Gasteiger partial charge in [0.2, 0.25) is 0 Å². The van der Waals surface area contributed by atoms with E-state index in [1.807, 2.05) is 0 Å². The molecule has 0 amide bonds. The van der Waals surface area contributed by atoms with E-state index in [1.165, 1.54) is 0 Å². The van der Waals surface area contributed by atoms with E-state index in [0.29, 0.717) is 12.8 Å². The molecule has 2 heterocycles. The Hall–Kier alpha value is -0.320. The summed E-state index contributed by atoms with van der Waals surface area (Å²) in [5.74, 6) is 0. The molecule has 0 aromatic carbocycles. The third kappa shape index (κ3) is 3.66. The zero-order chi connectivity index (χ0) is 14.7. The lowest BCUT2D eigenvalue weighted by atomic mass is 10.0. The highest BCUT2D eigenvalue weighted by Gasteiger charge is 2.39. The van der Waals surface area contributed by atoms with Crippen molar-refractivity contribution in [1.82, 2.24) is 0 Å². The molecular formula is C12H22O8. The second kappa shape index (κ2) is 7.10. The van der Waals surface area contributed by atoms with Crippen LogP contribution in [0.25, 0.3) is 0 Å². The summed E-state index contributed by atoms with van der Waals surface area (Å²) in [4.78, 5) is 0. The molecule has 0 radical (unpaired) electrons. The second-order valence-corrected chi connectivity index (χ2v) is 5.16. The van der Waals surface area contributed by atoms with E-state index in [0.717, 1.165) is 0 Å². The molecule has 118 valence electrons.